The fourth-order valence-electron chi connectivity index (χ4n) is 1.97. The van der Waals surface area contributed by atoms with Crippen LogP contribution in [0.2, 0.25) is 0 Å². The van der Waals surface area contributed by atoms with E-state index >= 15 is 0 Å². The van der Waals surface area contributed by atoms with Gasteiger partial charge in [0.2, 0.25) is 11.8 Å². The second-order valence-corrected chi connectivity index (χ2v) is 4.91. The van der Waals surface area contributed by atoms with Crippen molar-refractivity contribution in [2.75, 3.05) is 0 Å². The number of nitrogens with one attached hydrogen (secondary N) is 1. The Bertz CT molecular complexity index is 622. The zero-order valence-corrected chi connectivity index (χ0v) is 12.5. The van der Waals surface area contributed by atoms with Crippen LogP contribution in [0.5, 0.6) is 11.6 Å². The average molecular weight is 288 g/mol. The van der Waals surface area contributed by atoms with E-state index < -0.39 is 6.04 Å². The van der Waals surface area contributed by atoms with E-state index in [2.05, 4.69) is 10.4 Å². The molecule has 0 spiro atoms. The van der Waals surface area contributed by atoms with Crippen LogP contribution in [0.15, 0.2) is 30.3 Å². The van der Waals surface area contributed by atoms with E-state index in [1.165, 1.54) is 0 Å². The minimum atomic E-state index is -0.408. The van der Waals surface area contributed by atoms with Crippen LogP contribution in [0.3, 0.4) is 0 Å². The number of nitrogens with two attached hydrogens (primary N) is 1. The summed E-state index contributed by atoms with van der Waals surface area (Å²) in [5.74, 6) is 1.01. The molecule has 1 heterocycles. The number of nitrogens with zero attached hydrogens (tertiary/aromatic N) is 2. The van der Waals surface area contributed by atoms with Crippen molar-refractivity contribution in [3.05, 3.63) is 41.6 Å². The number of hydrogen-bond donors (Lipinski definition) is 2. The molecular formula is C15H20N4O2. The lowest BCUT2D eigenvalue weighted by molar-refractivity contribution is -0.119. The number of aromatic nitrogens is 2. The molecule has 3 N–H and O–H groups in total. The molecule has 0 saturated heterocycles. The van der Waals surface area contributed by atoms with E-state index in [9.17, 15) is 4.79 Å². The van der Waals surface area contributed by atoms with E-state index in [0.717, 1.165) is 17.0 Å². The summed E-state index contributed by atoms with van der Waals surface area (Å²) >= 11 is 0. The van der Waals surface area contributed by atoms with Gasteiger partial charge in [-0.25, -0.2) is 4.68 Å². The van der Waals surface area contributed by atoms with Crippen LogP contribution in [0.25, 0.3) is 0 Å². The maximum absolute atomic E-state index is 11.1. The summed E-state index contributed by atoms with van der Waals surface area (Å²) in [6, 6.07) is 9.10. The number of benzene rings is 1. The molecule has 0 fully saturated rings. The Kier molecular flexibility index (Phi) is 4.59. The lowest BCUT2D eigenvalue weighted by atomic mass is 10.2. The van der Waals surface area contributed by atoms with Crippen molar-refractivity contribution < 1.29 is 9.53 Å². The SMILES string of the molecule is Cc1nn(C)c(Oc2ccccc2)c1CN[C@@H](C)C(N)=O. The molecule has 1 amide bonds. The van der Waals surface area contributed by atoms with Crippen molar-refractivity contribution in [2.24, 2.45) is 12.8 Å². The minimum Gasteiger partial charge on any atom is -0.439 e. The van der Waals surface area contributed by atoms with Gasteiger partial charge in [-0.1, -0.05) is 18.2 Å². The number of rotatable bonds is 6. The van der Waals surface area contributed by atoms with Gasteiger partial charge < -0.3 is 15.8 Å². The number of para-hydroxylation sites is 1. The maximum atomic E-state index is 11.1. The number of aryl methyl sites for hydroxylation is 2. The summed E-state index contributed by atoms with van der Waals surface area (Å²) in [6.07, 6.45) is 0. The summed E-state index contributed by atoms with van der Waals surface area (Å²) in [5.41, 5.74) is 7.02. The molecule has 1 aromatic heterocycles. The van der Waals surface area contributed by atoms with E-state index in [-0.39, 0.29) is 5.91 Å². The quantitative estimate of drug-likeness (QED) is 0.843. The molecular weight excluding hydrogens is 268 g/mol. The lowest BCUT2D eigenvalue weighted by Crippen LogP contribution is -2.38. The second-order valence-electron chi connectivity index (χ2n) is 4.91. The molecule has 0 aliphatic rings. The molecule has 1 atom stereocenters. The molecule has 0 saturated carbocycles. The predicted octanol–water partition coefficient (Wildman–Crippen LogP) is 1.48. The minimum absolute atomic E-state index is 0.387. The Hall–Kier alpha value is -2.34. The third kappa shape index (κ3) is 3.61. The van der Waals surface area contributed by atoms with E-state index in [0.29, 0.717) is 12.4 Å². The third-order valence-electron chi connectivity index (χ3n) is 3.26. The molecule has 2 aromatic rings. The van der Waals surface area contributed by atoms with Crippen LogP contribution in [0.1, 0.15) is 18.2 Å². The van der Waals surface area contributed by atoms with E-state index in [1.54, 1.807) is 11.6 Å². The Labute approximate surface area is 123 Å². The van der Waals surface area contributed by atoms with E-state index in [4.69, 9.17) is 10.5 Å². The van der Waals surface area contributed by atoms with Crippen LogP contribution in [-0.4, -0.2) is 21.7 Å². The van der Waals surface area contributed by atoms with Gasteiger partial charge >= 0.3 is 0 Å². The van der Waals surface area contributed by atoms with E-state index in [1.807, 2.05) is 44.3 Å². The van der Waals surface area contributed by atoms with Gasteiger partial charge in [-0.05, 0) is 26.0 Å². The molecule has 6 heteroatoms. The van der Waals surface area contributed by atoms with Crippen LogP contribution < -0.4 is 15.8 Å². The van der Waals surface area contributed by atoms with Crippen molar-refractivity contribution >= 4 is 5.91 Å². The van der Waals surface area contributed by atoms with Gasteiger partial charge in [-0.15, -0.1) is 0 Å². The van der Waals surface area contributed by atoms with Crippen LogP contribution in [-0.2, 0) is 18.4 Å². The zero-order chi connectivity index (χ0) is 15.4. The molecule has 21 heavy (non-hydrogen) atoms. The smallest absolute Gasteiger partial charge is 0.234 e. The predicted molar refractivity (Wildman–Crippen MR) is 80.0 cm³/mol. The topological polar surface area (TPSA) is 82.2 Å². The number of hydrogen-bond acceptors (Lipinski definition) is 4. The molecule has 6 nitrogen and oxygen atoms in total. The highest BCUT2D eigenvalue weighted by molar-refractivity contribution is 5.79. The highest BCUT2D eigenvalue weighted by Gasteiger charge is 2.17. The third-order valence-corrected chi connectivity index (χ3v) is 3.26. The van der Waals surface area contributed by atoms with Crippen molar-refractivity contribution in [2.45, 2.75) is 26.4 Å². The molecule has 0 aliphatic carbocycles. The molecule has 1 aromatic carbocycles. The maximum Gasteiger partial charge on any atom is 0.234 e. The normalized spacial score (nSPS) is 12.1. The van der Waals surface area contributed by atoms with Crippen molar-refractivity contribution in [3.8, 4) is 11.6 Å². The first-order valence-corrected chi connectivity index (χ1v) is 6.77. The number of amides is 1. The molecule has 0 unspecified atom stereocenters. The first-order valence-electron chi connectivity index (χ1n) is 6.77. The summed E-state index contributed by atoms with van der Waals surface area (Å²) in [5, 5.41) is 7.44. The first-order chi connectivity index (χ1) is 9.99. The van der Waals surface area contributed by atoms with Gasteiger partial charge in [0.15, 0.2) is 0 Å². The number of carbonyl (C=O) groups excluding carboxylic acids is 1. The zero-order valence-electron chi connectivity index (χ0n) is 12.5. The Morgan fingerprint density at radius 2 is 2.10 bits per heavy atom. The average Bonchev–Trinajstić information content (AvgIpc) is 2.71. The largest absolute Gasteiger partial charge is 0.439 e. The Balaban J connectivity index is 2.19. The number of primary amides is 1. The molecule has 0 aliphatic heterocycles. The molecule has 0 bridgehead atoms. The van der Waals surface area contributed by atoms with Crippen LogP contribution in [0, 0.1) is 6.92 Å². The van der Waals surface area contributed by atoms with Gasteiger partial charge in [-0.3, -0.25) is 4.79 Å². The highest BCUT2D eigenvalue weighted by atomic mass is 16.5. The van der Waals surface area contributed by atoms with Crippen molar-refractivity contribution in [1.82, 2.24) is 15.1 Å². The van der Waals surface area contributed by atoms with Crippen molar-refractivity contribution in [1.29, 1.82) is 0 Å². The summed E-state index contributed by atoms with van der Waals surface area (Å²) in [6.45, 7) is 4.10. The fourth-order valence-corrected chi connectivity index (χ4v) is 1.97. The van der Waals surface area contributed by atoms with Gasteiger partial charge in [0.1, 0.15) is 5.75 Å². The lowest BCUT2D eigenvalue weighted by Gasteiger charge is -2.12. The fraction of sp³-hybridized carbons (Fsp3) is 0.333. The molecule has 0 radical (unpaired) electrons. The summed E-state index contributed by atoms with van der Waals surface area (Å²) in [7, 11) is 1.83. The van der Waals surface area contributed by atoms with Gasteiger partial charge in [0.05, 0.1) is 17.3 Å². The highest BCUT2D eigenvalue weighted by Crippen LogP contribution is 2.26. The molecule has 2 rings (SSSR count). The summed E-state index contributed by atoms with van der Waals surface area (Å²) < 4.78 is 7.59. The van der Waals surface area contributed by atoms with Crippen LogP contribution in [0.4, 0.5) is 0 Å². The van der Waals surface area contributed by atoms with Gasteiger partial charge in [-0.2, -0.15) is 5.10 Å². The Morgan fingerprint density at radius 3 is 2.71 bits per heavy atom. The number of ether oxygens (including phenoxy) is 1. The summed E-state index contributed by atoms with van der Waals surface area (Å²) in [4.78, 5) is 11.1. The van der Waals surface area contributed by atoms with Gasteiger partial charge in [0.25, 0.3) is 0 Å². The standard InChI is InChI=1S/C15H20N4O2/c1-10-13(9-17-11(2)14(16)20)15(19(3)18-10)21-12-7-5-4-6-8-12/h4-8,11,17H,9H2,1-3H3,(H2,16,20)/t11-/m0/s1. The van der Waals surface area contributed by atoms with Crippen LogP contribution >= 0.6 is 0 Å². The molecule has 112 valence electrons. The second kappa shape index (κ2) is 6.41. The Morgan fingerprint density at radius 1 is 1.43 bits per heavy atom. The monoisotopic (exact) mass is 288 g/mol. The first kappa shape index (κ1) is 15.1. The van der Waals surface area contributed by atoms with Gasteiger partial charge in [0, 0.05) is 13.6 Å². The number of carbonyl (C=O) groups is 1. The van der Waals surface area contributed by atoms with Crippen molar-refractivity contribution in [3.63, 3.8) is 0 Å².